The van der Waals surface area contributed by atoms with E-state index in [2.05, 4.69) is 25.7 Å². The van der Waals surface area contributed by atoms with Crippen molar-refractivity contribution in [1.29, 1.82) is 0 Å². The van der Waals surface area contributed by atoms with Crippen LogP contribution in [0.4, 0.5) is 0 Å². The molecule has 0 spiro atoms. The quantitative estimate of drug-likeness (QED) is 0.658. The molecule has 3 heteroatoms. The van der Waals surface area contributed by atoms with Crippen LogP contribution < -0.4 is 0 Å². The predicted molar refractivity (Wildman–Crippen MR) is 57.0 cm³/mol. The number of rotatable bonds is 4. The molecule has 0 aromatic carbocycles. The Hall–Kier alpha value is -0.0800. The number of hydrogen-bond donors (Lipinski definition) is 0. The molecule has 1 rings (SSSR count). The molecule has 0 heterocycles. The molecule has 13 heavy (non-hydrogen) atoms. The predicted octanol–water partition coefficient (Wildman–Crippen LogP) is 2.51. The van der Waals surface area contributed by atoms with E-state index in [0.717, 1.165) is 12.8 Å². The summed E-state index contributed by atoms with van der Waals surface area (Å²) in [5.41, 5.74) is 0. The van der Waals surface area contributed by atoms with Gasteiger partial charge in [0, 0.05) is 5.92 Å². The first-order chi connectivity index (χ1) is 6.15. The SMILES string of the molecule is CCN(CC)CC.O=C(Cl)C1CC1. The highest BCUT2D eigenvalue weighted by Crippen LogP contribution is 2.30. The monoisotopic (exact) mass is 205 g/mol. The van der Waals surface area contributed by atoms with E-state index in [9.17, 15) is 4.79 Å². The Kier molecular flexibility index (Phi) is 7.29. The second-order valence-electron chi connectivity index (χ2n) is 3.20. The molecule has 0 bridgehead atoms. The summed E-state index contributed by atoms with van der Waals surface area (Å²) in [6, 6.07) is 0. The van der Waals surface area contributed by atoms with Gasteiger partial charge in [-0.1, -0.05) is 20.8 Å². The van der Waals surface area contributed by atoms with Gasteiger partial charge in [0.05, 0.1) is 0 Å². The molecule has 2 nitrogen and oxygen atoms in total. The Morgan fingerprint density at radius 2 is 1.62 bits per heavy atom. The molecule has 0 aromatic heterocycles. The lowest BCUT2D eigenvalue weighted by atomic mass is 10.5. The van der Waals surface area contributed by atoms with Crippen molar-refractivity contribution in [3.63, 3.8) is 0 Å². The van der Waals surface area contributed by atoms with Crippen molar-refractivity contribution in [2.75, 3.05) is 19.6 Å². The van der Waals surface area contributed by atoms with Gasteiger partial charge in [-0.05, 0) is 44.1 Å². The summed E-state index contributed by atoms with van der Waals surface area (Å²) in [5.74, 6) is 0.228. The van der Waals surface area contributed by atoms with Crippen LogP contribution in [0.2, 0.25) is 0 Å². The van der Waals surface area contributed by atoms with Crippen LogP contribution in [0.1, 0.15) is 33.6 Å². The average Bonchev–Trinajstić information content (AvgIpc) is 2.90. The van der Waals surface area contributed by atoms with Crippen LogP contribution in [-0.4, -0.2) is 29.8 Å². The van der Waals surface area contributed by atoms with Gasteiger partial charge in [0.2, 0.25) is 5.24 Å². The van der Waals surface area contributed by atoms with E-state index in [-0.39, 0.29) is 11.2 Å². The topological polar surface area (TPSA) is 20.3 Å². The zero-order valence-corrected chi connectivity index (χ0v) is 9.60. The number of hydrogen-bond acceptors (Lipinski definition) is 2. The molecule has 1 aliphatic carbocycles. The fourth-order valence-corrected chi connectivity index (χ4v) is 1.20. The highest BCUT2D eigenvalue weighted by atomic mass is 35.5. The summed E-state index contributed by atoms with van der Waals surface area (Å²) >= 11 is 5.04. The smallest absolute Gasteiger partial charge is 0.224 e. The maximum Gasteiger partial charge on any atom is 0.224 e. The van der Waals surface area contributed by atoms with Crippen molar-refractivity contribution in [3.8, 4) is 0 Å². The Balaban J connectivity index is 0.000000223. The van der Waals surface area contributed by atoms with Gasteiger partial charge in [-0.2, -0.15) is 0 Å². The molecular weight excluding hydrogens is 186 g/mol. The van der Waals surface area contributed by atoms with Crippen LogP contribution in [0.25, 0.3) is 0 Å². The first-order valence-corrected chi connectivity index (χ1v) is 5.45. The molecule has 0 radical (unpaired) electrons. The Labute approximate surface area is 86.2 Å². The molecule has 0 N–H and O–H groups in total. The molecule has 1 fully saturated rings. The molecule has 0 aliphatic heterocycles. The summed E-state index contributed by atoms with van der Waals surface area (Å²) < 4.78 is 0. The average molecular weight is 206 g/mol. The van der Waals surface area contributed by atoms with E-state index < -0.39 is 0 Å². The van der Waals surface area contributed by atoms with Crippen molar-refractivity contribution in [1.82, 2.24) is 4.90 Å². The number of halogens is 1. The summed E-state index contributed by atoms with van der Waals surface area (Å²) in [4.78, 5) is 12.3. The summed E-state index contributed by atoms with van der Waals surface area (Å²) in [7, 11) is 0. The third-order valence-electron chi connectivity index (χ3n) is 2.24. The molecular formula is C10H20ClNO. The maximum absolute atomic E-state index is 9.97. The van der Waals surface area contributed by atoms with Crippen molar-refractivity contribution in [2.45, 2.75) is 33.6 Å². The van der Waals surface area contributed by atoms with Crippen molar-refractivity contribution in [3.05, 3.63) is 0 Å². The molecule has 0 atom stereocenters. The molecule has 0 unspecified atom stereocenters. The van der Waals surface area contributed by atoms with Gasteiger partial charge in [0.15, 0.2) is 0 Å². The van der Waals surface area contributed by atoms with Gasteiger partial charge in [0.1, 0.15) is 0 Å². The maximum atomic E-state index is 9.97. The van der Waals surface area contributed by atoms with Crippen LogP contribution in [0.3, 0.4) is 0 Å². The van der Waals surface area contributed by atoms with Crippen LogP contribution in [-0.2, 0) is 4.79 Å². The Bertz CT molecular complexity index is 136. The highest BCUT2D eigenvalue weighted by molar-refractivity contribution is 6.64. The summed E-state index contributed by atoms with van der Waals surface area (Å²) in [5, 5.41) is -0.157. The minimum Gasteiger partial charge on any atom is -0.304 e. The van der Waals surface area contributed by atoms with Gasteiger partial charge in [-0.15, -0.1) is 0 Å². The van der Waals surface area contributed by atoms with Crippen LogP contribution >= 0.6 is 11.6 Å². The third kappa shape index (κ3) is 7.03. The Morgan fingerprint density at radius 3 is 1.62 bits per heavy atom. The second-order valence-corrected chi connectivity index (χ2v) is 3.57. The summed E-state index contributed by atoms with van der Waals surface area (Å²) in [6.07, 6.45) is 2.03. The number of nitrogens with zero attached hydrogens (tertiary/aromatic N) is 1. The van der Waals surface area contributed by atoms with E-state index in [4.69, 9.17) is 11.6 Å². The third-order valence-corrected chi connectivity index (χ3v) is 2.55. The minimum atomic E-state index is -0.157. The number of carbonyl (C=O) groups is 1. The fourth-order valence-electron chi connectivity index (χ4n) is 0.981. The first kappa shape index (κ1) is 12.9. The Morgan fingerprint density at radius 1 is 1.23 bits per heavy atom. The number of carbonyl (C=O) groups excluding carboxylic acids is 1. The summed E-state index contributed by atoms with van der Waals surface area (Å²) in [6.45, 7) is 10.1. The van der Waals surface area contributed by atoms with Gasteiger partial charge in [-0.3, -0.25) is 4.79 Å². The zero-order valence-electron chi connectivity index (χ0n) is 8.85. The lowest BCUT2D eigenvalue weighted by molar-refractivity contribution is -0.112. The van der Waals surface area contributed by atoms with E-state index in [1.807, 2.05) is 0 Å². The van der Waals surface area contributed by atoms with Crippen molar-refractivity contribution in [2.24, 2.45) is 5.92 Å². The van der Waals surface area contributed by atoms with Gasteiger partial charge in [0.25, 0.3) is 0 Å². The van der Waals surface area contributed by atoms with E-state index in [0.29, 0.717) is 0 Å². The normalized spacial score (nSPS) is 15.2. The lowest BCUT2D eigenvalue weighted by Gasteiger charge is -2.13. The van der Waals surface area contributed by atoms with E-state index in [1.54, 1.807) is 0 Å². The molecule has 0 aromatic rings. The molecule has 1 aliphatic rings. The molecule has 0 saturated heterocycles. The van der Waals surface area contributed by atoms with E-state index in [1.165, 1.54) is 19.6 Å². The minimum absolute atomic E-state index is 0.157. The molecule has 0 amide bonds. The lowest BCUT2D eigenvalue weighted by Crippen LogP contribution is -2.21. The zero-order chi connectivity index (χ0) is 10.3. The fraction of sp³-hybridized carbons (Fsp3) is 0.900. The van der Waals surface area contributed by atoms with Gasteiger partial charge >= 0.3 is 0 Å². The highest BCUT2D eigenvalue weighted by Gasteiger charge is 2.27. The molecule has 1 saturated carbocycles. The van der Waals surface area contributed by atoms with Crippen LogP contribution in [0, 0.1) is 5.92 Å². The van der Waals surface area contributed by atoms with Gasteiger partial charge < -0.3 is 4.90 Å². The van der Waals surface area contributed by atoms with Crippen molar-refractivity contribution < 1.29 is 4.79 Å². The molecule has 78 valence electrons. The van der Waals surface area contributed by atoms with Crippen LogP contribution in [0.5, 0.6) is 0 Å². The van der Waals surface area contributed by atoms with Gasteiger partial charge in [-0.25, -0.2) is 0 Å². The standard InChI is InChI=1S/C6H15N.C4H5ClO/c1-4-7(5-2)6-3;5-4(6)3-1-2-3/h4-6H2,1-3H3;3H,1-2H2. The second kappa shape index (κ2) is 7.34. The van der Waals surface area contributed by atoms with Crippen molar-refractivity contribution >= 4 is 16.8 Å². The first-order valence-electron chi connectivity index (χ1n) is 5.07. The largest absolute Gasteiger partial charge is 0.304 e. The van der Waals surface area contributed by atoms with Crippen LogP contribution in [0.15, 0.2) is 0 Å². The van der Waals surface area contributed by atoms with E-state index >= 15 is 0 Å².